The van der Waals surface area contributed by atoms with Gasteiger partial charge in [0.1, 0.15) is 5.75 Å². The van der Waals surface area contributed by atoms with E-state index in [0.717, 1.165) is 16.2 Å². The SMILES string of the molecule is CCOc1ccc(-c2noc(CCN3C(=O)N=C4C=CC=CC4C3=O)n2)cc1. The maximum absolute atomic E-state index is 12.6. The highest BCUT2D eigenvalue weighted by Crippen LogP contribution is 2.22. The normalized spacial score (nSPS) is 18.2. The number of ether oxygens (including phenoxy) is 1. The van der Waals surface area contributed by atoms with E-state index in [0.29, 0.717) is 24.0 Å². The fourth-order valence-corrected chi connectivity index (χ4v) is 3.03. The quantitative estimate of drug-likeness (QED) is 0.767. The van der Waals surface area contributed by atoms with E-state index in [1.165, 1.54) is 0 Å². The van der Waals surface area contributed by atoms with E-state index in [1.54, 1.807) is 24.3 Å². The number of nitrogens with zero attached hydrogens (tertiary/aromatic N) is 4. The number of hydrogen-bond donors (Lipinski definition) is 0. The molecular weight excluding hydrogens is 360 g/mol. The molecule has 0 bridgehead atoms. The molecule has 0 spiro atoms. The van der Waals surface area contributed by atoms with Gasteiger partial charge in [-0.15, -0.1) is 0 Å². The van der Waals surface area contributed by atoms with E-state index < -0.39 is 11.9 Å². The van der Waals surface area contributed by atoms with Gasteiger partial charge in [0.05, 0.1) is 18.2 Å². The highest BCUT2D eigenvalue weighted by molar-refractivity contribution is 6.21. The van der Waals surface area contributed by atoms with Crippen LogP contribution < -0.4 is 4.74 Å². The molecular formula is C20H18N4O4. The molecule has 4 rings (SSSR count). The van der Waals surface area contributed by atoms with Gasteiger partial charge in [-0.3, -0.25) is 9.69 Å². The molecule has 8 nitrogen and oxygen atoms in total. The molecule has 8 heteroatoms. The van der Waals surface area contributed by atoms with Crippen LogP contribution in [0.4, 0.5) is 4.79 Å². The number of rotatable bonds is 6. The summed E-state index contributed by atoms with van der Waals surface area (Å²) in [5.74, 6) is 0.753. The Morgan fingerprint density at radius 3 is 2.79 bits per heavy atom. The van der Waals surface area contributed by atoms with Crippen LogP contribution >= 0.6 is 0 Å². The number of aliphatic imine (C=N–C) groups is 1. The molecule has 1 unspecified atom stereocenters. The second-order valence-corrected chi connectivity index (χ2v) is 6.25. The summed E-state index contributed by atoms with van der Waals surface area (Å²) in [5.41, 5.74) is 1.27. The van der Waals surface area contributed by atoms with Crippen molar-refractivity contribution in [3.63, 3.8) is 0 Å². The van der Waals surface area contributed by atoms with Crippen molar-refractivity contribution in [1.29, 1.82) is 0 Å². The summed E-state index contributed by atoms with van der Waals surface area (Å²) in [7, 11) is 0. The van der Waals surface area contributed by atoms with Crippen molar-refractivity contribution in [1.82, 2.24) is 15.0 Å². The summed E-state index contributed by atoms with van der Waals surface area (Å²) < 4.78 is 10.7. The first-order valence-corrected chi connectivity index (χ1v) is 9.00. The van der Waals surface area contributed by atoms with Gasteiger partial charge in [0, 0.05) is 18.5 Å². The molecule has 3 amide bonds. The van der Waals surface area contributed by atoms with E-state index in [2.05, 4.69) is 15.1 Å². The van der Waals surface area contributed by atoms with Gasteiger partial charge in [0.2, 0.25) is 17.6 Å². The van der Waals surface area contributed by atoms with E-state index >= 15 is 0 Å². The summed E-state index contributed by atoms with van der Waals surface area (Å²) in [6, 6.07) is 6.79. The van der Waals surface area contributed by atoms with Crippen molar-refractivity contribution in [2.75, 3.05) is 13.2 Å². The molecule has 2 aromatic rings. The Balaban J connectivity index is 1.42. The van der Waals surface area contributed by atoms with Crippen molar-refractivity contribution in [3.8, 4) is 17.1 Å². The van der Waals surface area contributed by atoms with Gasteiger partial charge in [-0.1, -0.05) is 23.4 Å². The number of hydrogen-bond acceptors (Lipinski definition) is 6. The predicted octanol–water partition coefficient (Wildman–Crippen LogP) is 2.82. The molecule has 0 saturated heterocycles. The Labute approximate surface area is 161 Å². The predicted molar refractivity (Wildman–Crippen MR) is 101 cm³/mol. The fraction of sp³-hybridized carbons (Fsp3) is 0.250. The van der Waals surface area contributed by atoms with Crippen LogP contribution in [-0.4, -0.2) is 45.8 Å². The van der Waals surface area contributed by atoms with Gasteiger partial charge < -0.3 is 9.26 Å². The Morgan fingerprint density at radius 2 is 2.00 bits per heavy atom. The third-order valence-electron chi connectivity index (χ3n) is 4.43. The number of allylic oxidation sites excluding steroid dienone is 3. The van der Waals surface area contributed by atoms with Gasteiger partial charge in [-0.05, 0) is 37.3 Å². The van der Waals surface area contributed by atoms with Crippen molar-refractivity contribution in [2.24, 2.45) is 10.9 Å². The number of carbonyl (C=O) groups excluding carboxylic acids is 2. The van der Waals surface area contributed by atoms with Crippen molar-refractivity contribution < 1.29 is 18.8 Å². The van der Waals surface area contributed by atoms with E-state index in [9.17, 15) is 9.59 Å². The lowest BCUT2D eigenvalue weighted by Gasteiger charge is -2.27. The first-order valence-electron chi connectivity index (χ1n) is 9.00. The number of carbonyl (C=O) groups is 2. The molecule has 142 valence electrons. The summed E-state index contributed by atoms with van der Waals surface area (Å²) in [6.45, 7) is 2.65. The Kier molecular flexibility index (Phi) is 4.84. The number of benzene rings is 1. The largest absolute Gasteiger partial charge is 0.494 e. The maximum atomic E-state index is 12.6. The number of imide groups is 1. The lowest BCUT2D eigenvalue weighted by Crippen LogP contribution is -2.46. The fourth-order valence-electron chi connectivity index (χ4n) is 3.03. The van der Waals surface area contributed by atoms with Crippen molar-refractivity contribution in [2.45, 2.75) is 13.3 Å². The zero-order valence-electron chi connectivity index (χ0n) is 15.2. The summed E-state index contributed by atoms with van der Waals surface area (Å²) in [4.78, 5) is 34.2. The molecule has 1 aromatic heterocycles. The lowest BCUT2D eigenvalue weighted by atomic mass is 9.95. The Bertz CT molecular complexity index is 988. The monoisotopic (exact) mass is 378 g/mol. The third-order valence-corrected chi connectivity index (χ3v) is 4.43. The minimum absolute atomic E-state index is 0.132. The molecule has 1 aliphatic carbocycles. The summed E-state index contributed by atoms with van der Waals surface area (Å²) in [6.07, 6.45) is 7.21. The average molecular weight is 378 g/mol. The smallest absolute Gasteiger partial charge is 0.350 e. The molecule has 1 aliphatic heterocycles. The highest BCUT2D eigenvalue weighted by atomic mass is 16.5. The van der Waals surface area contributed by atoms with Crippen LogP contribution in [0, 0.1) is 5.92 Å². The average Bonchev–Trinajstić information content (AvgIpc) is 3.18. The van der Waals surface area contributed by atoms with Crippen LogP contribution in [0.2, 0.25) is 0 Å². The number of aromatic nitrogens is 2. The lowest BCUT2D eigenvalue weighted by molar-refractivity contribution is -0.129. The maximum Gasteiger partial charge on any atom is 0.350 e. The van der Waals surface area contributed by atoms with Gasteiger partial charge in [-0.2, -0.15) is 9.98 Å². The van der Waals surface area contributed by atoms with Crippen LogP contribution in [0.1, 0.15) is 12.8 Å². The molecule has 28 heavy (non-hydrogen) atoms. The number of fused-ring (bicyclic) bond motifs is 1. The molecule has 1 atom stereocenters. The summed E-state index contributed by atoms with van der Waals surface area (Å²) in [5, 5.41) is 3.97. The van der Waals surface area contributed by atoms with Gasteiger partial charge in [-0.25, -0.2) is 4.79 Å². The van der Waals surface area contributed by atoms with Gasteiger partial charge >= 0.3 is 6.03 Å². The van der Waals surface area contributed by atoms with E-state index in [4.69, 9.17) is 9.26 Å². The van der Waals surface area contributed by atoms with Gasteiger partial charge in [0.15, 0.2) is 0 Å². The Hall–Kier alpha value is -3.55. The third kappa shape index (κ3) is 3.48. The zero-order chi connectivity index (χ0) is 19.5. The molecule has 2 heterocycles. The molecule has 0 saturated carbocycles. The van der Waals surface area contributed by atoms with E-state index in [-0.39, 0.29) is 18.9 Å². The van der Waals surface area contributed by atoms with Crippen molar-refractivity contribution >= 4 is 17.6 Å². The first kappa shape index (κ1) is 17.8. The summed E-state index contributed by atoms with van der Waals surface area (Å²) >= 11 is 0. The molecule has 0 fully saturated rings. The van der Waals surface area contributed by atoms with Gasteiger partial charge in [0.25, 0.3) is 0 Å². The minimum Gasteiger partial charge on any atom is -0.494 e. The molecule has 2 aliphatic rings. The van der Waals surface area contributed by atoms with Crippen LogP contribution in [0.25, 0.3) is 11.4 Å². The highest BCUT2D eigenvalue weighted by Gasteiger charge is 2.35. The van der Waals surface area contributed by atoms with Crippen LogP contribution in [0.5, 0.6) is 5.75 Å². The molecule has 1 aromatic carbocycles. The Morgan fingerprint density at radius 1 is 1.18 bits per heavy atom. The van der Waals surface area contributed by atoms with E-state index in [1.807, 2.05) is 31.2 Å². The second-order valence-electron chi connectivity index (χ2n) is 6.25. The topological polar surface area (TPSA) is 97.9 Å². The molecule has 0 radical (unpaired) electrons. The van der Waals surface area contributed by atoms with Crippen LogP contribution in [-0.2, 0) is 11.2 Å². The standard InChI is InChI=1S/C20H18N4O4/c1-2-27-14-9-7-13(8-10-14)18-22-17(28-23-18)11-12-24-19(25)15-5-3-4-6-16(15)21-20(24)26/h3-10,15H,2,11-12H2,1H3. The van der Waals surface area contributed by atoms with Crippen molar-refractivity contribution in [3.05, 3.63) is 54.5 Å². The molecule has 0 N–H and O–H groups in total. The van der Waals surface area contributed by atoms with Crippen LogP contribution in [0.3, 0.4) is 0 Å². The first-order chi connectivity index (χ1) is 13.7. The number of urea groups is 1. The minimum atomic E-state index is -0.567. The van der Waals surface area contributed by atoms with Crippen LogP contribution in [0.15, 0.2) is 58.1 Å². The zero-order valence-corrected chi connectivity index (χ0v) is 15.2. The number of amides is 3. The second kappa shape index (κ2) is 7.59.